The highest BCUT2D eigenvalue weighted by atomic mass is 32.3. The van der Waals surface area contributed by atoms with Gasteiger partial charge >= 0.3 is 10.4 Å². The Morgan fingerprint density at radius 2 is 1.83 bits per heavy atom. The maximum absolute atomic E-state index is 12.2. The lowest BCUT2D eigenvalue weighted by Crippen LogP contribution is -2.15. The summed E-state index contributed by atoms with van der Waals surface area (Å²) in [6.07, 6.45) is 0. The Kier molecular flexibility index (Phi) is 5.33. The summed E-state index contributed by atoms with van der Waals surface area (Å²) in [6.45, 7) is 1.61. The molecule has 0 aromatic heterocycles. The minimum Gasteiger partial charge on any atom is -0.492 e. The molecule has 0 saturated heterocycles. The van der Waals surface area contributed by atoms with E-state index in [-0.39, 0.29) is 4.90 Å². The molecule has 132 valence electrons. The number of fused-ring (bicyclic) bond motifs is 1. The van der Waals surface area contributed by atoms with E-state index in [1.54, 1.807) is 18.2 Å². The molecule has 2 rings (SSSR count). The molecule has 0 radical (unpaired) electrons. The second-order valence-electron chi connectivity index (χ2n) is 4.86. The summed E-state index contributed by atoms with van der Waals surface area (Å²) in [5.41, 5.74) is 6.41. The fourth-order valence-corrected chi connectivity index (χ4v) is 3.67. The summed E-state index contributed by atoms with van der Waals surface area (Å²) in [6, 6.07) is 7.70. The van der Waals surface area contributed by atoms with Gasteiger partial charge in [0, 0.05) is 5.39 Å². The highest BCUT2D eigenvalue weighted by Gasteiger charge is 2.17. The third kappa shape index (κ3) is 4.35. The van der Waals surface area contributed by atoms with Crippen molar-refractivity contribution >= 4 is 36.7 Å². The van der Waals surface area contributed by atoms with Gasteiger partial charge in [-0.1, -0.05) is 12.1 Å². The average molecular weight is 375 g/mol. The predicted molar refractivity (Wildman–Crippen MR) is 89.1 cm³/mol. The highest BCUT2D eigenvalue weighted by molar-refractivity contribution is 7.91. The van der Waals surface area contributed by atoms with Crippen molar-refractivity contribution in [3.8, 4) is 5.75 Å². The largest absolute Gasteiger partial charge is 0.492 e. The number of hydrogen-bond donors (Lipinski definition) is 2. The average Bonchev–Trinajstić information content (AvgIpc) is 2.48. The summed E-state index contributed by atoms with van der Waals surface area (Å²) in [4.78, 5) is -0.00232. The molecular formula is C14H17NO7S2. The van der Waals surface area contributed by atoms with Crippen molar-refractivity contribution in [2.45, 2.75) is 11.8 Å². The first kappa shape index (κ1) is 18.5. The molecule has 0 saturated carbocycles. The van der Waals surface area contributed by atoms with Crippen molar-refractivity contribution in [1.29, 1.82) is 0 Å². The smallest absolute Gasteiger partial charge is 0.397 e. The number of anilines is 1. The van der Waals surface area contributed by atoms with Crippen molar-refractivity contribution in [2.24, 2.45) is 0 Å². The topological polar surface area (TPSA) is 133 Å². The van der Waals surface area contributed by atoms with Gasteiger partial charge in [-0.2, -0.15) is 8.42 Å². The SMILES string of the molecule is CCOc1ccc2cc(S(=O)(=O)CCOS(=O)(=O)O)ccc2c1N. The zero-order valence-corrected chi connectivity index (χ0v) is 14.4. The van der Waals surface area contributed by atoms with E-state index >= 15 is 0 Å². The van der Waals surface area contributed by atoms with Crippen LogP contribution in [0.15, 0.2) is 35.2 Å². The van der Waals surface area contributed by atoms with E-state index in [9.17, 15) is 16.8 Å². The number of benzene rings is 2. The molecule has 2 aromatic carbocycles. The van der Waals surface area contributed by atoms with Crippen LogP contribution in [-0.4, -0.2) is 40.4 Å². The molecule has 24 heavy (non-hydrogen) atoms. The van der Waals surface area contributed by atoms with Crippen LogP contribution >= 0.6 is 0 Å². The Labute approximate surface area is 140 Å². The van der Waals surface area contributed by atoms with Gasteiger partial charge in [0.2, 0.25) is 0 Å². The van der Waals surface area contributed by atoms with Crippen LogP contribution in [0.3, 0.4) is 0 Å². The molecule has 10 heteroatoms. The van der Waals surface area contributed by atoms with E-state index in [0.717, 1.165) is 0 Å². The third-order valence-corrected chi connectivity index (χ3v) is 5.38. The lowest BCUT2D eigenvalue weighted by Gasteiger charge is -2.11. The number of sulfone groups is 1. The lowest BCUT2D eigenvalue weighted by molar-refractivity contribution is 0.284. The van der Waals surface area contributed by atoms with Crippen molar-refractivity contribution in [3.05, 3.63) is 30.3 Å². The Morgan fingerprint density at radius 1 is 1.12 bits per heavy atom. The molecule has 0 atom stereocenters. The van der Waals surface area contributed by atoms with Gasteiger partial charge < -0.3 is 10.5 Å². The molecule has 3 N–H and O–H groups in total. The molecule has 2 aromatic rings. The van der Waals surface area contributed by atoms with Gasteiger partial charge in [0.25, 0.3) is 0 Å². The fourth-order valence-electron chi connectivity index (χ4n) is 2.15. The summed E-state index contributed by atoms with van der Waals surface area (Å²) in [5, 5.41) is 1.25. The van der Waals surface area contributed by atoms with Gasteiger partial charge in [0.15, 0.2) is 9.84 Å². The van der Waals surface area contributed by atoms with Crippen LogP contribution in [0.25, 0.3) is 10.8 Å². The standard InChI is InChI=1S/C14H17NO7S2/c1-2-21-13-6-3-10-9-11(4-5-12(10)14(13)15)23(16,17)8-7-22-24(18,19)20/h3-6,9H,2,7-8,15H2,1H3,(H,18,19,20). The normalized spacial score (nSPS) is 12.4. The van der Waals surface area contributed by atoms with Crippen LogP contribution < -0.4 is 10.5 Å². The van der Waals surface area contributed by atoms with Gasteiger partial charge in [-0.25, -0.2) is 12.6 Å². The summed E-state index contributed by atoms with van der Waals surface area (Å²) in [7, 11) is -8.45. The van der Waals surface area contributed by atoms with Crippen LogP contribution in [-0.2, 0) is 24.4 Å². The van der Waals surface area contributed by atoms with E-state index in [0.29, 0.717) is 28.8 Å². The number of hydrogen-bond acceptors (Lipinski definition) is 7. The van der Waals surface area contributed by atoms with Crippen molar-refractivity contribution in [1.82, 2.24) is 0 Å². The fraction of sp³-hybridized carbons (Fsp3) is 0.286. The first-order chi connectivity index (χ1) is 11.1. The summed E-state index contributed by atoms with van der Waals surface area (Å²) < 4.78 is 63.2. The minimum absolute atomic E-state index is 0.00232. The number of ether oxygens (including phenoxy) is 1. The zero-order chi connectivity index (χ0) is 18.0. The van der Waals surface area contributed by atoms with Crippen LogP contribution in [0, 0.1) is 0 Å². The molecule has 0 bridgehead atoms. The maximum atomic E-state index is 12.2. The van der Waals surface area contributed by atoms with Crippen LogP contribution in [0.2, 0.25) is 0 Å². The second kappa shape index (κ2) is 6.93. The molecule has 8 nitrogen and oxygen atoms in total. The van der Waals surface area contributed by atoms with Gasteiger partial charge in [0.05, 0.1) is 29.5 Å². The van der Waals surface area contributed by atoms with Crippen LogP contribution in [0.1, 0.15) is 6.92 Å². The summed E-state index contributed by atoms with van der Waals surface area (Å²) >= 11 is 0. The number of rotatable bonds is 7. The highest BCUT2D eigenvalue weighted by Crippen LogP contribution is 2.32. The molecular weight excluding hydrogens is 358 g/mol. The maximum Gasteiger partial charge on any atom is 0.397 e. The number of nitrogens with two attached hydrogens (primary N) is 1. The molecule has 0 unspecified atom stereocenters. The zero-order valence-electron chi connectivity index (χ0n) is 12.8. The molecule has 0 aliphatic carbocycles. The van der Waals surface area contributed by atoms with E-state index in [4.69, 9.17) is 15.0 Å². The van der Waals surface area contributed by atoms with Gasteiger partial charge in [0.1, 0.15) is 5.75 Å². The van der Waals surface area contributed by atoms with Gasteiger partial charge in [-0.15, -0.1) is 0 Å². The van der Waals surface area contributed by atoms with Crippen molar-refractivity contribution < 1.29 is 30.3 Å². The number of nitrogen functional groups attached to an aromatic ring is 1. The monoisotopic (exact) mass is 375 g/mol. The lowest BCUT2D eigenvalue weighted by atomic mass is 10.1. The van der Waals surface area contributed by atoms with E-state index < -0.39 is 32.6 Å². The first-order valence-electron chi connectivity index (χ1n) is 6.93. The second-order valence-corrected chi connectivity index (χ2v) is 8.06. The molecule has 0 fully saturated rings. The Morgan fingerprint density at radius 3 is 2.46 bits per heavy atom. The quantitative estimate of drug-likeness (QED) is 0.548. The van der Waals surface area contributed by atoms with Gasteiger partial charge in [-0.05, 0) is 30.5 Å². The van der Waals surface area contributed by atoms with E-state index in [2.05, 4.69) is 4.18 Å². The van der Waals surface area contributed by atoms with Crippen molar-refractivity contribution in [3.63, 3.8) is 0 Å². The first-order valence-corrected chi connectivity index (χ1v) is 9.95. The molecule has 0 heterocycles. The Bertz CT molecular complexity index is 952. The van der Waals surface area contributed by atoms with Crippen LogP contribution in [0.4, 0.5) is 5.69 Å². The van der Waals surface area contributed by atoms with Crippen LogP contribution in [0.5, 0.6) is 5.75 Å². The molecule has 0 spiro atoms. The van der Waals surface area contributed by atoms with E-state index in [1.165, 1.54) is 12.1 Å². The molecule has 0 amide bonds. The van der Waals surface area contributed by atoms with Gasteiger partial charge in [-0.3, -0.25) is 4.55 Å². The summed E-state index contributed by atoms with van der Waals surface area (Å²) in [5.74, 6) is -0.0766. The predicted octanol–water partition coefficient (Wildman–Crippen LogP) is 1.41. The molecule has 0 aliphatic heterocycles. The van der Waals surface area contributed by atoms with E-state index in [1.807, 2.05) is 6.92 Å². The molecule has 0 aliphatic rings. The Balaban J connectivity index is 2.31. The third-order valence-electron chi connectivity index (χ3n) is 3.24. The Hall–Kier alpha value is -1.88. The van der Waals surface area contributed by atoms with Crippen molar-refractivity contribution in [2.75, 3.05) is 24.7 Å². The minimum atomic E-state index is -4.67.